The van der Waals surface area contributed by atoms with Crippen molar-refractivity contribution in [2.45, 2.75) is 32.8 Å². The molecule has 0 aliphatic rings. The third-order valence-electron chi connectivity index (χ3n) is 2.54. The highest BCUT2D eigenvalue weighted by atomic mass is 35.5. The molecule has 0 saturated heterocycles. The molecule has 100 valence electrons. The van der Waals surface area contributed by atoms with Gasteiger partial charge in [-0.05, 0) is 19.4 Å². The molecular formula is C13H18ClNO3. The number of benzene rings is 1. The van der Waals surface area contributed by atoms with Crippen LogP contribution in [0.1, 0.15) is 37.0 Å². The van der Waals surface area contributed by atoms with Gasteiger partial charge in [-0.3, -0.25) is 0 Å². The number of anilines is 1. The summed E-state index contributed by atoms with van der Waals surface area (Å²) >= 11 is 5.90. The standard InChI is InChI=1S/C13H18ClNO3/c1-4-5-8(2)18-13(16)9-6-10(14)11(15)7-12(9)17-3/h6-8H,4-5,15H2,1-3H3. The van der Waals surface area contributed by atoms with Crippen LogP contribution in [0.3, 0.4) is 0 Å². The van der Waals surface area contributed by atoms with Crippen LogP contribution < -0.4 is 10.5 Å². The SMILES string of the molecule is CCCC(C)OC(=O)c1cc(Cl)c(N)cc1OC. The molecule has 5 heteroatoms. The molecule has 2 N–H and O–H groups in total. The van der Waals surface area contributed by atoms with Crippen molar-refractivity contribution in [3.63, 3.8) is 0 Å². The Balaban J connectivity index is 2.94. The second-order valence-electron chi connectivity index (χ2n) is 4.08. The molecule has 0 radical (unpaired) electrons. The van der Waals surface area contributed by atoms with Gasteiger partial charge in [-0.2, -0.15) is 0 Å². The van der Waals surface area contributed by atoms with Gasteiger partial charge in [-0.25, -0.2) is 4.79 Å². The van der Waals surface area contributed by atoms with E-state index in [9.17, 15) is 4.79 Å². The van der Waals surface area contributed by atoms with Gasteiger partial charge < -0.3 is 15.2 Å². The summed E-state index contributed by atoms with van der Waals surface area (Å²) in [5, 5.41) is 0.311. The van der Waals surface area contributed by atoms with Crippen LogP contribution in [0.25, 0.3) is 0 Å². The smallest absolute Gasteiger partial charge is 0.342 e. The molecule has 1 unspecified atom stereocenters. The van der Waals surface area contributed by atoms with Gasteiger partial charge >= 0.3 is 5.97 Å². The Morgan fingerprint density at radius 1 is 1.50 bits per heavy atom. The zero-order valence-corrected chi connectivity index (χ0v) is 11.6. The molecule has 0 spiro atoms. The molecule has 1 atom stereocenters. The molecular weight excluding hydrogens is 254 g/mol. The summed E-state index contributed by atoms with van der Waals surface area (Å²) < 4.78 is 10.4. The maximum Gasteiger partial charge on any atom is 0.342 e. The number of nitrogens with two attached hydrogens (primary N) is 1. The van der Waals surface area contributed by atoms with Crippen LogP contribution in [0.4, 0.5) is 5.69 Å². The van der Waals surface area contributed by atoms with Gasteiger partial charge in [0.1, 0.15) is 11.3 Å². The molecule has 0 aliphatic heterocycles. The number of esters is 1. The van der Waals surface area contributed by atoms with Crippen LogP contribution in [-0.4, -0.2) is 19.2 Å². The summed E-state index contributed by atoms with van der Waals surface area (Å²) in [6, 6.07) is 2.99. The molecule has 0 fully saturated rings. The summed E-state index contributed by atoms with van der Waals surface area (Å²) in [6.07, 6.45) is 1.63. The highest BCUT2D eigenvalue weighted by Crippen LogP contribution is 2.29. The van der Waals surface area contributed by atoms with Gasteiger partial charge in [0.2, 0.25) is 0 Å². The van der Waals surface area contributed by atoms with Crippen LogP contribution in [0, 0.1) is 0 Å². The molecule has 1 aromatic rings. The summed E-state index contributed by atoms with van der Waals surface area (Å²) in [4.78, 5) is 12.0. The van der Waals surface area contributed by atoms with Gasteiger partial charge in [0, 0.05) is 6.07 Å². The van der Waals surface area contributed by atoms with E-state index in [0.717, 1.165) is 12.8 Å². The maximum atomic E-state index is 12.0. The monoisotopic (exact) mass is 271 g/mol. The van der Waals surface area contributed by atoms with Gasteiger partial charge in [0.25, 0.3) is 0 Å². The Bertz CT molecular complexity index is 434. The summed E-state index contributed by atoms with van der Waals surface area (Å²) in [7, 11) is 1.47. The highest BCUT2D eigenvalue weighted by molar-refractivity contribution is 6.33. The molecule has 4 nitrogen and oxygen atoms in total. The van der Waals surface area contributed by atoms with E-state index in [2.05, 4.69) is 0 Å². The van der Waals surface area contributed by atoms with Crippen molar-refractivity contribution in [3.8, 4) is 5.75 Å². The number of hydrogen-bond donors (Lipinski definition) is 1. The van der Waals surface area contributed by atoms with Crippen molar-refractivity contribution >= 4 is 23.3 Å². The summed E-state index contributed by atoms with van der Waals surface area (Å²) in [5.41, 5.74) is 6.31. The second kappa shape index (κ2) is 6.50. The van der Waals surface area contributed by atoms with E-state index >= 15 is 0 Å². The average molecular weight is 272 g/mol. The Morgan fingerprint density at radius 2 is 2.17 bits per heavy atom. The molecule has 18 heavy (non-hydrogen) atoms. The zero-order chi connectivity index (χ0) is 13.7. The Labute approximate surface area is 112 Å². The minimum Gasteiger partial charge on any atom is -0.496 e. The lowest BCUT2D eigenvalue weighted by molar-refractivity contribution is 0.0320. The van der Waals surface area contributed by atoms with E-state index in [4.69, 9.17) is 26.8 Å². The van der Waals surface area contributed by atoms with E-state index in [1.54, 1.807) is 0 Å². The fourth-order valence-corrected chi connectivity index (χ4v) is 1.77. The lowest BCUT2D eigenvalue weighted by Crippen LogP contribution is -2.15. The Morgan fingerprint density at radius 3 is 2.72 bits per heavy atom. The maximum absolute atomic E-state index is 12.0. The van der Waals surface area contributed by atoms with Crippen molar-refractivity contribution in [2.24, 2.45) is 0 Å². The third kappa shape index (κ3) is 3.53. The number of carbonyl (C=O) groups excluding carboxylic acids is 1. The molecule has 1 aromatic carbocycles. The molecule has 1 rings (SSSR count). The molecule has 0 aliphatic carbocycles. The van der Waals surface area contributed by atoms with E-state index < -0.39 is 5.97 Å². The Kier molecular flexibility index (Phi) is 5.28. The lowest BCUT2D eigenvalue weighted by Gasteiger charge is -2.14. The van der Waals surface area contributed by atoms with Gasteiger partial charge in [0.05, 0.1) is 23.9 Å². The van der Waals surface area contributed by atoms with Crippen LogP contribution in [0.5, 0.6) is 5.75 Å². The van der Waals surface area contributed by atoms with Crippen molar-refractivity contribution in [3.05, 3.63) is 22.7 Å². The predicted octanol–water partition coefficient (Wildman–Crippen LogP) is 3.28. The number of rotatable bonds is 5. The van der Waals surface area contributed by atoms with Crippen molar-refractivity contribution in [2.75, 3.05) is 12.8 Å². The first kappa shape index (κ1) is 14.6. The first-order valence-corrected chi connectivity index (χ1v) is 6.21. The number of methoxy groups -OCH3 is 1. The van der Waals surface area contributed by atoms with E-state index in [-0.39, 0.29) is 6.10 Å². The Hall–Kier alpha value is -1.42. The quantitative estimate of drug-likeness (QED) is 0.659. The largest absolute Gasteiger partial charge is 0.496 e. The van der Waals surface area contributed by atoms with Crippen molar-refractivity contribution in [1.29, 1.82) is 0 Å². The number of ether oxygens (including phenoxy) is 2. The second-order valence-corrected chi connectivity index (χ2v) is 4.49. The third-order valence-corrected chi connectivity index (χ3v) is 2.87. The van der Waals surface area contributed by atoms with Gasteiger partial charge in [-0.15, -0.1) is 0 Å². The summed E-state index contributed by atoms with van der Waals surface area (Å²) in [5.74, 6) is -0.0831. The first-order valence-electron chi connectivity index (χ1n) is 5.83. The minimum absolute atomic E-state index is 0.136. The fraction of sp³-hybridized carbons (Fsp3) is 0.462. The van der Waals surface area contributed by atoms with Gasteiger partial charge in [0.15, 0.2) is 0 Å². The van der Waals surface area contributed by atoms with Crippen LogP contribution >= 0.6 is 11.6 Å². The molecule has 0 heterocycles. The van der Waals surface area contributed by atoms with Crippen LogP contribution in [-0.2, 0) is 4.74 Å². The molecule has 0 saturated carbocycles. The molecule has 0 aromatic heterocycles. The predicted molar refractivity (Wildman–Crippen MR) is 72.2 cm³/mol. The highest BCUT2D eigenvalue weighted by Gasteiger charge is 2.18. The van der Waals surface area contributed by atoms with Gasteiger partial charge in [-0.1, -0.05) is 24.9 Å². The van der Waals surface area contributed by atoms with Crippen LogP contribution in [0.2, 0.25) is 5.02 Å². The van der Waals surface area contributed by atoms with E-state index in [1.807, 2.05) is 13.8 Å². The fourth-order valence-electron chi connectivity index (χ4n) is 1.61. The van der Waals surface area contributed by atoms with E-state index in [0.29, 0.717) is 22.0 Å². The zero-order valence-electron chi connectivity index (χ0n) is 10.8. The molecule has 0 bridgehead atoms. The van der Waals surface area contributed by atoms with Crippen molar-refractivity contribution < 1.29 is 14.3 Å². The topological polar surface area (TPSA) is 61.5 Å². The normalized spacial score (nSPS) is 12.0. The number of carbonyl (C=O) groups is 1. The van der Waals surface area contributed by atoms with Crippen LogP contribution in [0.15, 0.2) is 12.1 Å². The average Bonchev–Trinajstić information content (AvgIpc) is 2.32. The number of hydrogen-bond acceptors (Lipinski definition) is 4. The number of halogens is 1. The minimum atomic E-state index is -0.449. The molecule has 0 amide bonds. The van der Waals surface area contributed by atoms with Crippen molar-refractivity contribution in [1.82, 2.24) is 0 Å². The van der Waals surface area contributed by atoms with E-state index in [1.165, 1.54) is 19.2 Å². The summed E-state index contributed by atoms with van der Waals surface area (Å²) in [6.45, 7) is 3.89. The number of nitrogen functional groups attached to an aromatic ring is 1. The lowest BCUT2D eigenvalue weighted by atomic mass is 10.1. The first-order chi connectivity index (χ1) is 8.49.